The number of anilines is 1. The van der Waals surface area contributed by atoms with E-state index in [0.29, 0.717) is 17.9 Å². The van der Waals surface area contributed by atoms with Gasteiger partial charge in [0.25, 0.3) is 0 Å². The van der Waals surface area contributed by atoms with Gasteiger partial charge in [-0.05, 0) is 42.7 Å². The van der Waals surface area contributed by atoms with E-state index in [1.807, 2.05) is 44.2 Å². The first-order valence-electron chi connectivity index (χ1n) is 8.78. The van der Waals surface area contributed by atoms with Gasteiger partial charge in [0.1, 0.15) is 0 Å². The Morgan fingerprint density at radius 1 is 1.00 bits per heavy atom. The van der Waals surface area contributed by atoms with E-state index >= 15 is 0 Å². The van der Waals surface area contributed by atoms with Crippen molar-refractivity contribution in [1.82, 2.24) is 0 Å². The maximum atomic E-state index is 12.5. The normalized spacial score (nSPS) is 11.6. The number of nitrogens with one attached hydrogen (secondary N) is 1. The fourth-order valence-electron chi connectivity index (χ4n) is 2.57. The third kappa shape index (κ3) is 5.45. The number of esters is 1. The highest BCUT2D eigenvalue weighted by Crippen LogP contribution is 2.21. The van der Waals surface area contributed by atoms with Crippen LogP contribution in [0.2, 0.25) is 0 Å². The van der Waals surface area contributed by atoms with Gasteiger partial charge in [0.05, 0.1) is 18.1 Å². The predicted molar refractivity (Wildman–Crippen MR) is 99.7 cm³/mol. The number of ether oxygens (including phenoxy) is 1. The summed E-state index contributed by atoms with van der Waals surface area (Å²) in [6, 6.07) is 16.5. The second-order valence-electron chi connectivity index (χ2n) is 5.93. The minimum atomic E-state index is -0.331. The molecule has 0 aliphatic heterocycles. The van der Waals surface area contributed by atoms with E-state index < -0.39 is 0 Å². The van der Waals surface area contributed by atoms with Crippen LogP contribution in [0.15, 0.2) is 54.6 Å². The van der Waals surface area contributed by atoms with Gasteiger partial charge in [0.2, 0.25) is 5.91 Å². The van der Waals surface area contributed by atoms with E-state index in [4.69, 9.17) is 4.74 Å². The van der Waals surface area contributed by atoms with Gasteiger partial charge < -0.3 is 10.1 Å². The van der Waals surface area contributed by atoms with Gasteiger partial charge in [-0.15, -0.1) is 0 Å². The maximum absolute atomic E-state index is 12.5. The molecular weight excluding hydrogens is 314 g/mol. The van der Waals surface area contributed by atoms with E-state index in [-0.39, 0.29) is 17.8 Å². The molecule has 0 heterocycles. The van der Waals surface area contributed by atoms with E-state index in [1.54, 1.807) is 24.3 Å². The summed E-state index contributed by atoms with van der Waals surface area (Å²) in [6.07, 6.45) is 2.56. The lowest BCUT2D eigenvalue weighted by molar-refractivity contribution is -0.117. The lowest BCUT2D eigenvalue weighted by atomic mass is 9.95. The summed E-state index contributed by atoms with van der Waals surface area (Å²) in [5, 5.41) is 2.92. The number of hydrogen-bond donors (Lipinski definition) is 1. The molecule has 0 saturated carbocycles. The Bertz CT molecular complexity index is 680. The van der Waals surface area contributed by atoms with Gasteiger partial charge >= 0.3 is 5.97 Å². The number of unbranched alkanes of at least 4 members (excludes halogenated alkanes) is 1. The van der Waals surface area contributed by atoms with Crippen LogP contribution in [0.3, 0.4) is 0 Å². The molecule has 1 atom stereocenters. The van der Waals surface area contributed by atoms with Gasteiger partial charge in [0.15, 0.2) is 0 Å². The lowest BCUT2D eigenvalue weighted by Crippen LogP contribution is -2.20. The molecule has 2 rings (SSSR count). The molecule has 4 heteroatoms. The van der Waals surface area contributed by atoms with E-state index in [1.165, 1.54) is 0 Å². The molecular formula is C21H25NO3. The van der Waals surface area contributed by atoms with Crippen molar-refractivity contribution in [2.75, 3.05) is 11.9 Å². The van der Waals surface area contributed by atoms with Crippen molar-refractivity contribution in [3.63, 3.8) is 0 Å². The van der Waals surface area contributed by atoms with Crippen LogP contribution in [0.1, 0.15) is 54.9 Å². The fourth-order valence-corrected chi connectivity index (χ4v) is 2.57. The molecule has 0 aliphatic carbocycles. The van der Waals surface area contributed by atoms with Crippen LogP contribution in [0.25, 0.3) is 0 Å². The zero-order valence-electron chi connectivity index (χ0n) is 14.8. The first-order chi connectivity index (χ1) is 12.2. The average Bonchev–Trinajstić information content (AvgIpc) is 2.64. The fraction of sp³-hybridized carbons (Fsp3) is 0.333. The Hall–Kier alpha value is -2.62. The van der Waals surface area contributed by atoms with Crippen molar-refractivity contribution in [1.29, 1.82) is 0 Å². The molecule has 2 aromatic rings. The van der Waals surface area contributed by atoms with Crippen molar-refractivity contribution >= 4 is 17.6 Å². The molecule has 25 heavy (non-hydrogen) atoms. The Labute approximate surface area is 149 Å². The molecule has 0 saturated heterocycles. The van der Waals surface area contributed by atoms with Crippen LogP contribution in [0.5, 0.6) is 0 Å². The van der Waals surface area contributed by atoms with E-state index in [9.17, 15) is 9.59 Å². The summed E-state index contributed by atoms with van der Waals surface area (Å²) in [4.78, 5) is 24.4. The van der Waals surface area contributed by atoms with Crippen molar-refractivity contribution in [2.45, 2.75) is 39.0 Å². The Balaban J connectivity index is 1.98. The number of hydrogen-bond acceptors (Lipinski definition) is 3. The molecule has 2 aromatic carbocycles. The molecule has 4 nitrogen and oxygen atoms in total. The second-order valence-corrected chi connectivity index (χ2v) is 5.93. The summed E-state index contributed by atoms with van der Waals surface area (Å²) in [6.45, 7) is 4.47. The van der Waals surface area contributed by atoms with Crippen molar-refractivity contribution < 1.29 is 14.3 Å². The summed E-state index contributed by atoms with van der Waals surface area (Å²) in [5.74, 6) is -0.575. The van der Waals surface area contributed by atoms with Gasteiger partial charge in [-0.3, -0.25) is 4.79 Å². The topological polar surface area (TPSA) is 55.4 Å². The largest absolute Gasteiger partial charge is 0.462 e. The molecule has 0 spiro atoms. The van der Waals surface area contributed by atoms with Gasteiger partial charge in [-0.25, -0.2) is 4.79 Å². The lowest BCUT2D eigenvalue weighted by Gasteiger charge is -2.15. The average molecular weight is 339 g/mol. The first-order valence-corrected chi connectivity index (χ1v) is 8.78. The predicted octanol–water partition coefficient (Wildman–Crippen LogP) is 4.78. The maximum Gasteiger partial charge on any atom is 0.338 e. The zero-order chi connectivity index (χ0) is 18.1. The molecule has 1 amide bonds. The van der Waals surface area contributed by atoms with Crippen molar-refractivity contribution in [3.05, 3.63) is 65.7 Å². The summed E-state index contributed by atoms with van der Waals surface area (Å²) in [7, 11) is 0. The Morgan fingerprint density at radius 2 is 1.68 bits per heavy atom. The number of carbonyl (C=O) groups excluding carboxylic acids is 2. The third-order valence-corrected chi connectivity index (χ3v) is 4.05. The SMILES string of the molecule is CCCCOC(=O)c1ccc(NC(=O)C(CC)c2ccccc2)cc1. The molecule has 1 N–H and O–H groups in total. The molecule has 132 valence electrons. The van der Waals surface area contributed by atoms with E-state index in [0.717, 1.165) is 24.8 Å². The van der Waals surface area contributed by atoms with Gasteiger partial charge in [0, 0.05) is 5.69 Å². The minimum Gasteiger partial charge on any atom is -0.462 e. The molecule has 0 aliphatic rings. The highest BCUT2D eigenvalue weighted by atomic mass is 16.5. The summed E-state index contributed by atoms with van der Waals surface area (Å²) < 4.78 is 5.18. The molecule has 0 radical (unpaired) electrons. The Morgan fingerprint density at radius 3 is 2.28 bits per heavy atom. The third-order valence-electron chi connectivity index (χ3n) is 4.05. The van der Waals surface area contributed by atoms with Crippen LogP contribution in [-0.4, -0.2) is 18.5 Å². The monoisotopic (exact) mass is 339 g/mol. The van der Waals surface area contributed by atoms with Crippen LogP contribution in [-0.2, 0) is 9.53 Å². The van der Waals surface area contributed by atoms with Crippen LogP contribution >= 0.6 is 0 Å². The zero-order valence-corrected chi connectivity index (χ0v) is 14.8. The molecule has 0 fully saturated rings. The quantitative estimate of drug-likeness (QED) is 0.556. The number of rotatable bonds is 8. The van der Waals surface area contributed by atoms with Gasteiger partial charge in [-0.2, -0.15) is 0 Å². The highest BCUT2D eigenvalue weighted by Gasteiger charge is 2.18. The van der Waals surface area contributed by atoms with Crippen molar-refractivity contribution in [3.8, 4) is 0 Å². The number of carbonyl (C=O) groups is 2. The number of amides is 1. The second kappa shape index (κ2) is 9.62. The standard InChI is InChI=1S/C21H25NO3/c1-3-5-15-25-21(24)17-11-13-18(14-12-17)22-20(23)19(4-2)16-9-7-6-8-10-16/h6-14,19H,3-5,15H2,1-2H3,(H,22,23). The van der Waals surface area contributed by atoms with Crippen LogP contribution < -0.4 is 5.32 Å². The number of benzene rings is 2. The smallest absolute Gasteiger partial charge is 0.338 e. The molecule has 0 bridgehead atoms. The van der Waals surface area contributed by atoms with Crippen LogP contribution in [0.4, 0.5) is 5.69 Å². The first kappa shape index (κ1) is 18.7. The summed E-state index contributed by atoms with van der Waals surface area (Å²) in [5.41, 5.74) is 2.16. The van der Waals surface area contributed by atoms with E-state index in [2.05, 4.69) is 5.32 Å². The molecule has 1 unspecified atom stereocenters. The van der Waals surface area contributed by atoms with Gasteiger partial charge in [-0.1, -0.05) is 50.6 Å². The Kier molecular flexibility index (Phi) is 7.20. The summed E-state index contributed by atoms with van der Waals surface area (Å²) >= 11 is 0. The minimum absolute atomic E-state index is 0.0491. The molecule has 0 aromatic heterocycles. The van der Waals surface area contributed by atoms with Crippen molar-refractivity contribution in [2.24, 2.45) is 0 Å². The highest BCUT2D eigenvalue weighted by molar-refractivity contribution is 5.96. The van der Waals surface area contributed by atoms with Crippen LogP contribution in [0, 0.1) is 0 Å².